The second-order valence-electron chi connectivity index (χ2n) is 6.14. The second kappa shape index (κ2) is 13.7. The van der Waals surface area contributed by atoms with Gasteiger partial charge in [-0.25, -0.2) is 0 Å². The van der Waals surface area contributed by atoms with Crippen LogP contribution in [0.1, 0.15) is 19.3 Å². The molecule has 0 heterocycles. The molecular weight excluding hydrogens is 404 g/mol. The maximum absolute atomic E-state index is 12.5. The van der Waals surface area contributed by atoms with Crippen LogP contribution in [0.5, 0.6) is 0 Å². The molecule has 0 spiro atoms. The Labute approximate surface area is 171 Å². The van der Waals surface area contributed by atoms with E-state index in [0.717, 1.165) is 0 Å². The van der Waals surface area contributed by atoms with Crippen LogP contribution in [-0.2, 0) is 24.0 Å². The van der Waals surface area contributed by atoms with Crippen LogP contribution in [0.4, 0.5) is 0 Å². The van der Waals surface area contributed by atoms with Crippen LogP contribution in [0.15, 0.2) is 4.99 Å². The summed E-state index contributed by atoms with van der Waals surface area (Å²) in [6.45, 7) is -1.41. The SMILES string of the molecule is NC(=O)CC(N)C(=O)NC(CCCN=C(N)N)C(=O)NC(CO)C(=O)NCC(=O)O. The van der Waals surface area contributed by atoms with Crippen molar-refractivity contribution in [3.8, 4) is 0 Å². The molecular formula is C15H28N8O7. The molecule has 3 atom stereocenters. The first-order chi connectivity index (χ1) is 14.0. The van der Waals surface area contributed by atoms with Crippen molar-refractivity contribution in [1.82, 2.24) is 16.0 Å². The van der Waals surface area contributed by atoms with Gasteiger partial charge in [-0.05, 0) is 12.8 Å². The molecule has 0 aliphatic heterocycles. The third-order valence-electron chi connectivity index (χ3n) is 3.57. The van der Waals surface area contributed by atoms with E-state index in [2.05, 4.69) is 15.6 Å². The molecule has 0 radical (unpaired) electrons. The summed E-state index contributed by atoms with van der Waals surface area (Å²) in [6.07, 6.45) is -0.187. The number of aliphatic carboxylic acids is 1. The fraction of sp³-hybridized carbons (Fsp3) is 0.600. The van der Waals surface area contributed by atoms with Crippen LogP contribution in [0.3, 0.4) is 0 Å². The smallest absolute Gasteiger partial charge is 0.322 e. The normalized spacial score (nSPS) is 13.3. The minimum Gasteiger partial charge on any atom is -0.480 e. The average Bonchev–Trinajstić information content (AvgIpc) is 2.65. The summed E-state index contributed by atoms with van der Waals surface area (Å²) in [7, 11) is 0. The number of hydrogen-bond donors (Lipinski definition) is 9. The molecule has 4 amide bonds. The van der Waals surface area contributed by atoms with Crippen molar-refractivity contribution in [1.29, 1.82) is 0 Å². The summed E-state index contributed by atoms with van der Waals surface area (Å²) in [6, 6.07) is -3.98. The number of rotatable bonds is 14. The Hall–Kier alpha value is -3.46. The first-order valence-corrected chi connectivity index (χ1v) is 8.78. The van der Waals surface area contributed by atoms with Crippen molar-refractivity contribution in [3.63, 3.8) is 0 Å². The molecule has 15 heteroatoms. The molecule has 0 saturated heterocycles. The molecule has 13 N–H and O–H groups in total. The summed E-state index contributed by atoms with van der Waals surface area (Å²) in [4.78, 5) is 61.7. The number of carbonyl (C=O) groups is 5. The number of carboxylic acid groups (broad SMARTS) is 1. The minimum absolute atomic E-state index is 0.0204. The van der Waals surface area contributed by atoms with E-state index in [4.69, 9.17) is 28.0 Å². The molecule has 0 bridgehead atoms. The summed E-state index contributed by atoms with van der Waals surface area (Å²) in [5.41, 5.74) is 20.9. The number of carboxylic acids is 1. The number of aliphatic hydroxyl groups excluding tert-OH is 1. The zero-order chi connectivity index (χ0) is 23.3. The van der Waals surface area contributed by atoms with Crippen molar-refractivity contribution in [2.45, 2.75) is 37.4 Å². The van der Waals surface area contributed by atoms with Gasteiger partial charge in [0.2, 0.25) is 23.6 Å². The van der Waals surface area contributed by atoms with E-state index in [1.807, 2.05) is 5.32 Å². The number of aliphatic hydroxyl groups is 1. The largest absolute Gasteiger partial charge is 0.480 e. The number of primary amides is 1. The Morgan fingerprint density at radius 1 is 0.933 bits per heavy atom. The zero-order valence-electron chi connectivity index (χ0n) is 16.2. The lowest BCUT2D eigenvalue weighted by atomic mass is 10.1. The second-order valence-corrected chi connectivity index (χ2v) is 6.14. The van der Waals surface area contributed by atoms with Gasteiger partial charge in [0.05, 0.1) is 19.1 Å². The van der Waals surface area contributed by atoms with Gasteiger partial charge < -0.3 is 49.1 Å². The lowest BCUT2D eigenvalue weighted by molar-refractivity contribution is -0.139. The van der Waals surface area contributed by atoms with E-state index in [0.29, 0.717) is 0 Å². The quantitative estimate of drug-likeness (QED) is 0.0712. The molecule has 0 aromatic rings. The summed E-state index contributed by atoms with van der Waals surface area (Å²) < 4.78 is 0. The number of amides is 4. The van der Waals surface area contributed by atoms with Crippen molar-refractivity contribution < 1.29 is 34.2 Å². The predicted molar refractivity (Wildman–Crippen MR) is 103 cm³/mol. The fourth-order valence-corrected chi connectivity index (χ4v) is 2.11. The molecule has 30 heavy (non-hydrogen) atoms. The van der Waals surface area contributed by atoms with Crippen molar-refractivity contribution in [2.75, 3.05) is 19.7 Å². The van der Waals surface area contributed by atoms with E-state index < -0.39 is 67.3 Å². The van der Waals surface area contributed by atoms with Gasteiger partial charge in [-0.2, -0.15) is 0 Å². The first kappa shape index (κ1) is 26.5. The Morgan fingerprint density at radius 2 is 1.53 bits per heavy atom. The van der Waals surface area contributed by atoms with Gasteiger partial charge in [0.1, 0.15) is 18.6 Å². The van der Waals surface area contributed by atoms with E-state index >= 15 is 0 Å². The molecule has 0 aliphatic rings. The highest BCUT2D eigenvalue weighted by atomic mass is 16.4. The first-order valence-electron chi connectivity index (χ1n) is 8.78. The lowest BCUT2D eigenvalue weighted by Crippen LogP contribution is -2.57. The average molecular weight is 432 g/mol. The van der Waals surface area contributed by atoms with Gasteiger partial charge in [-0.15, -0.1) is 0 Å². The molecule has 0 aliphatic carbocycles. The minimum atomic E-state index is -1.46. The molecule has 15 nitrogen and oxygen atoms in total. The van der Waals surface area contributed by atoms with Gasteiger partial charge >= 0.3 is 5.97 Å². The van der Waals surface area contributed by atoms with Gasteiger partial charge in [-0.3, -0.25) is 29.0 Å². The lowest BCUT2D eigenvalue weighted by Gasteiger charge is -2.23. The highest BCUT2D eigenvalue weighted by Gasteiger charge is 2.28. The molecule has 0 saturated carbocycles. The predicted octanol–water partition coefficient (Wildman–Crippen LogP) is -5.59. The van der Waals surface area contributed by atoms with Gasteiger partial charge in [-0.1, -0.05) is 0 Å². The molecule has 3 unspecified atom stereocenters. The van der Waals surface area contributed by atoms with Crippen LogP contribution in [0.2, 0.25) is 0 Å². The molecule has 0 fully saturated rings. The van der Waals surface area contributed by atoms with Gasteiger partial charge in [0.25, 0.3) is 0 Å². The summed E-state index contributed by atoms with van der Waals surface area (Å²) >= 11 is 0. The van der Waals surface area contributed by atoms with Crippen molar-refractivity contribution >= 4 is 35.6 Å². The topological polar surface area (TPSA) is 278 Å². The Balaban J connectivity index is 5.15. The number of carbonyl (C=O) groups excluding carboxylic acids is 4. The molecule has 0 rings (SSSR count). The van der Waals surface area contributed by atoms with Gasteiger partial charge in [0.15, 0.2) is 5.96 Å². The van der Waals surface area contributed by atoms with E-state index in [1.54, 1.807) is 0 Å². The Bertz CT molecular complexity index is 665. The number of aliphatic imine (C=N–C) groups is 1. The fourth-order valence-electron chi connectivity index (χ4n) is 2.11. The number of nitrogens with two attached hydrogens (primary N) is 4. The standard InChI is InChI=1S/C15H28N8O7/c16-7(4-10(17)25)12(28)22-8(2-1-3-20-15(18)19)14(30)23-9(6-24)13(29)21-5-11(26)27/h7-9,24H,1-6,16H2,(H2,17,25)(H,21,29)(H,22,28)(H,23,30)(H,26,27)(H4,18,19,20). The highest BCUT2D eigenvalue weighted by molar-refractivity contribution is 5.94. The van der Waals surface area contributed by atoms with Crippen molar-refractivity contribution in [3.05, 3.63) is 0 Å². The van der Waals surface area contributed by atoms with Gasteiger partial charge in [0, 0.05) is 6.54 Å². The molecule has 0 aromatic carbocycles. The number of nitrogens with zero attached hydrogens (tertiary/aromatic N) is 1. The summed E-state index contributed by atoms with van der Waals surface area (Å²) in [5, 5.41) is 24.4. The van der Waals surface area contributed by atoms with E-state index in [1.165, 1.54) is 0 Å². The number of guanidine groups is 1. The number of nitrogens with one attached hydrogen (secondary N) is 3. The maximum atomic E-state index is 12.5. The molecule has 170 valence electrons. The van der Waals surface area contributed by atoms with Crippen LogP contribution in [-0.4, -0.2) is 83.6 Å². The zero-order valence-corrected chi connectivity index (χ0v) is 16.2. The van der Waals surface area contributed by atoms with Crippen molar-refractivity contribution in [2.24, 2.45) is 27.9 Å². The van der Waals surface area contributed by atoms with Crippen LogP contribution >= 0.6 is 0 Å². The highest BCUT2D eigenvalue weighted by Crippen LogP contribution is 2.01. The maximum Gasteiger partial charge on any atom is 0.322 e. The monoisotopic (exact) mass is 432 g/mol. The van der Waals surface area contributed by atoms with Crippen LogP contribution in [0.25, 0.3) is 0 Å². The van der Waals surface area contributed by atoms with Crippen LogP contribution < -0.4 is 38.9 Å². The van der Waals surface area contributed by atoms with E-state index in [9.17, 15) is 29.1 Å². The summed E-state index contributed by atoms with van der Waals surface area (Å²) in [5.74, 6) is -4.94. The Morgan fingerprint density at radius 3 is 2.03 bits per heavy atom. The Kier molecular flexibility index (Phi) is 12.1. The third kappa shape index (κ3) is 11.4. The molecule has 0 aromatic heterocycles. The number of hydrogen-bond acceptors (Lipinski definition) is 8. The third-order valence-corrected chi connectivity index (χ3v) is 3.57. The van der Waals surface area contributed by atoms with Crippen LogP contribution in [0, 0.1) is 0 Å². The van der Waals surface area contributed by atoms with E-state index in [-0.39, 0.29) is 25.3 Å².